The number of hydrogen-bond acceptors (Lipinski definition) is 19. The van der Waals surface area contributed by atoms with Crippen LogP contribution in [-0.2, 0) is 65.6 Å². The summed E-state index contributed by atoms with van der Waals surface area (Å²) in [6, 6.07) is 59.2. The Morgan fingerprint density at radius 3 is 0.876 bits per heavy atom. The summed E-state index contributed by atoms with van der Waals surface area (Å²) in [4.78, 5) is 69.9. The van der Waals surface area contributed by atoms with E-state index in [0.29, 0.717) is 130 Å². The van der Waals surface area contributed by atoms with Crippen molar-refractivity contribution in [1.29, 1.82) is 4.78 Å². The molecule has 0 aliphatic rings. The quantitative estimate of drug-likeness (QED) is 0.0229. The summed E-state index contributed by atoms with van der Waals surface area (Å²) in [5.41, 5.74) is 9.75. The number of urea groups is 4. The van der Waals surface area contributed by atoms with Crippen LogP contribution in [0.2, 0.25) is 40.2 Å². The highest BCUT2D eigenvalue weighted by Crippen LogP contribution is 2.46. The van der Waals surface area contributed by atoms with Crippen molar-refractivity contribution < 1.29 is 72.4 Å². The van der Waals surface area contributed by atoms with Gasteiger partial charge in [0.25, 0.3) is 5.91 Å². The van der Waals surface area contributed by atoms with Gasteiger partial charge in [-0.15, -0.1) is 0 Å². The van der Waals surface area contributed by atoms with Crippen LogP contribution in [0, 0.1) is 4.78 Å². The standard InChI is InChI=1S/C23H21Cl2N3O5S.C23H23Cl2N3O3S.C22H21Cl2N3O4S.C21H19Cl2N3O4S/c1-33-20-6-4-3-5-17(20)21-18(24)11-16(12-19(21)25)27-23(30)26-13-14-7-9-15(10-8-14)22(29)28-34(2,31)32;1-3-32(26,30)17-10-8-15(9-11-17)14-27-23(29)28-16-12-19(24)22(20(25)13-16)18-6-4-5-7-21(18)31-2;1-3-32(29,30)16-9-8-14(25-13-16)12-26-22(28)27-15-10-18(23)21(19(24)11-15)17-6-4-5-7-20(17)31-2;1-30-19-6-4-3-5-16(19)20-17(22)9-14(10-18(20)23)26-21(27)25-11-13-7-8-15(12-24-13)31(2,28)29/h3-12H,13H2,1-2H3,(H,28,29)(H2,26,27,30);4-13,26H,3,14H2,1-2H3,(H2,27,28,29);4-11,13H,3,12H2,1-2H3,(H2,26,27,28);3-10,12H,11H2,1-2H3,(H2,25,26,27). The van der Waals surface area contributed by atoms with Crippen molar-refractivity contribution in [2.45, 2.75) is 54.7 Å². The minimum absolute atomic E-state index is 0.00432. The van der Waals surface area contributed by atoms with E-state index >= 15 is 0 Å². The highest BCUT2D eigenvalue weighted by molar-refractivity contribution is 7.92. The number of pyridine rings is 2. The number of aromatic nitrogens is 2. The summed E-state index contributed by atoms with van der Waals surface area (Å²) in [6.45, 7) is 3.93. The van der Waals surface area contributed by atoms with Crippen molar-refractivity contribution in [3.63, 3.8) is 0 Å². The van der Waals surface area contributed by atoms with Crippen LogP contribution in [0.1, 0.15) is 46.7 Å². The normalized spacial score (nSPS) is 11.4. The van der Waals surface area contributed by atoms with Crippen LogP contribution < -0.4 is 66.2 Å². The molecule has 0 bridgehead atoms. The predicted molar refractivity (Wildman–Crippen MR) is 511 cm³/mol. The number of sulfonamides is 1. The van der Waals surface area contributed by atoms with Gasteiger partial charge in [-0.05, 0) is 132 Å². The van der Waals surface area contributed by atoms with Gasteiger partial charge in [-0.2, -0.15) is 0 Å². The lowest BCUT2D eigenvalue weighted by Gasteiger charge is -2.14. The maximum Gasteiger partial charge on any atom is 0.319 e. The predicted octanol–water partition coefficient (Wildman–Crippen LogP) is 21.1. The lowest BCUT2D eigenvalue weighted by atomic mass is 10.0. The van der Waals surface area contributed by atoms with Gasteiger partial charge in [-0.3, -0.25) is 14.8 Å². The Bertz CT molecular complexity index is 6300. The highest BCUT2D eigenvalue weighted by atomic mass is 35.5. The third-order valence-corrected chi connectivity index (χ3v) is 26.0. The monoisotopic (exact) mass is 1980 g/mol. The number of ether oxygens (including phenoxy) is 4. The second kappa shape index (κ2) is 46.6. The van der Waals surface area contributed by atoms with E-state index in [2.05, 4.69) is 52.5 Å². The lowest BCUT2D eigenvalue weighted by Crippen LogP contribution is -2.29. The zero-order valence-electron chi connectivity index (χ0n) is 69.8. The van der Waals surface area contributed by atoms with Gasteiger partial charge in [-0.25, -0.2) is 58.1 Å². The molecule has 676 valence electrons. The van der Waals surface area contributed by atoms with Crippen LogP contribution in [0.4, 0.5) is 41.9 Å². The zero-order valence-corrected chi connectivity index (χ0v) is 79.1. The maximum atomic E-state index is 12.3. The Hall–Kier alpha value is -11.6. The summed E-state index contributed by atoms with van der Waals surface area (Å²) in [5.74, 6) is 2.03. The molecule has 40 heteroatoms. The average Bonchev–Trinajstić information content (AvgIpc) is 0.807. The van der Waals surface area contributed by atoms with Crippen LogP contribution in [0.25, 0.3) is 44.5 Å². The van der Waals surface area contributed by atoms with E-state index in [1.165, 1.54) is 42.7 Å². The molecule has 0 aliphatic heterocycles. The number of amides is 9. The summed E-state index contributed by atoms with van der Waals surface area (Å²) in [5, 5.41) is 24.3. The fourth-order valence-corrected chi connectivity index (χ4v) is 17.5. The number of anilines is 4. The van der Waals surface area contributed by atoms with Gasteiger partial charge >= 0.3 is 24.1 Å². The topological polar surface area (TPSA) is 400 Å². The molecule has 129 heavy (non-hydrogen) atoms. The molecule has 2 heterocycles. The number of methoxy groups -OCH3 is 4. The molecule has 2 aromatic heterocycles. The molecule has 1 atom stereocenters. The van der Waals surface area contributed by atoms with E-state index in [1.54, 1.807) is 151 Å². The van der Waals surface area contributed by atoms with Crippen LogP contribution in [0.3, 0.4) is 0 Å². The van der Waals surface area contributed by atoms with Crippen LogP contribution in [0.5, 0.6) is 23.0 Å². The van der Waals surface area contributed by atoms with E-state index in [9.17, 15) is 53.4 Å². The summed E-state index contributed by atoms with van der Waals surface area (Å²) < 4.78 is 112. The average molecular weight is 1990 g/mol. The molecule has 10 N–H and O–H groups in total. The Balaban J connectivity index is 0.000000194. The largest absolute Gasteiger partial charge is 0.496 e. The Kier molecular flexibility index (Phi) is 36.5. The SMILES string of the molecule is CCS(=N)(=O)c1ccc(CNC(=O)Nc2cc(Cl)c(-c3ccccc3OC)c(Cl)c2)cc1.CCS(=O)(=O)c1ccc(CNC(=O)Nc2cc(Cl)c(-c3ccccc3OC)c(Cl)c2)nc1.COc1ccccc1-c1c(Cl)cc(NC(=O)NCc2ccc(C(=O)NS(C)(=O)=O)cc2)cc1Cl.COc1ccccc1-c1c(Cl)cc(NC(=O)NCc2ccc(S(C)(=O)=O)cn2)cc1Cl. The van der Waals surface area contributed by atoms with Crippen LogP contribution in [-0.4, -0.2) is 122 Å². The van der Waals surface area contributed by atoms with Crippen molar-refractivity contribution in [2.75, 3.05) is 73.7 Å². The fraction of sp³-hybridized carbons (Fsp3) is 0.157. The number of benzene rings is 10. The number of rotatable bonds is 27. The number of carbonyl (C=O) groups excluding carboxylic acids is 5. The van der Waals surface area contributed by atoms with Crippen molar-refractivity contribution in [1.82, 2.24) is 36.0 Å². The zero-order chi connectivity index (χ0) is 94.1. The van der Waals surface area contributed by atoms with Gasteiger partial charge in [0.05, 0.1) is 125 Å². The van der Waals surface area contributed by atoms with E-state index in [4.69, 9.17) is 117 Å². The van der Waals surface area contributed by atoms with E-state index in [0.717, 1.165) is 40.3 Å². The van der Waals surface area contributed by atoms with Gasteiger partial charge in [0, 0.05) is 115 Å². The van der Waals surface area contributed by atoms with Gasteiger partial charge in [0.2, 0.25) is 10.0 Å². The van der Waals surface area contributed by atoms with Gasteiger partial charge in [0.15, 0.2) is 19.7 Å². The lowest BCUT2D eigenvalue weighted by molar-refractivity contribution is 0.0981. The van der Waals surface area contributed by atoms with Crippen LogP contribution >= 0.6 is 92.8 Å². The molecule has 28 nitrogen and oxygen atoms in total. The number of nitrogens with zero attached hydrogens (tertiary/aromatic N) is 2. The number of halogens is 8. The second-order valence-corrected chi connectivity index (χ2v) is 39.1. The molecular formula is C89H84Cl8N12O16S4. The third kappa shape index (κ3) is 28.9. The van der Waals surface area contributed by atoms with E-state index < -0.39 is 69.5 Å². The highest BCUT2D eigenvalue weighted by Gasteiger charge is 2.23. The molecule has 0 radical (unpaired) electrons. The first-order valence-corrected chi connectivity index (χ1v) is 48.4. The molecule has 10 aromatic carbocycles. The van der Waals surface area contributed by atoms with Crippen LogP contribution in [0.15, 0.2) is 245 Å². The minimum atomic E-state index is -3.65. The number of para-hydroxylation sites is 4. The number of nitrogens with one attached hydrogen (secondary N) is 10. The molecule has 12 rings (SSSR count). The molecular weight excluding hydrogens is 1900 g/mol. The first-order chi connectivity index (χ1) is 61.2. The first kappa shape index (κ1) is 101. The van der Waals surface area contributed by atoms with Crippen molar-refractivity contribution in [2.24, 2.45) is 0 Å². The minimum Gasteiger partial charge on any atom is -0.496 e. The van der Waals surface area contributed by atoms with E-state index in [-0.39, 0.29) is 53.0 Å². The van der Waals surface area contributed by atoms with Gasteiger partial charge in [-0.1, -0.05) is 204 Å². The van der Waals surface area contributed by atoms with Gasteiger partial charge in [0.1, 0.15) is 23.0 Å². The molecule has 0 saturated heterocycles. The Morgan fingerprint density at radius 2 is 0.620 bits per heavy atom. The van der Waals surface area contributed by atoms with E-state index in [1.807, 2.05) is 83.6 Å². The Labute approximate surface area is 786 Å². The summed E-state index contributed by atoms with van der Waals surface area (Å²) in [6.07, 6.45) is 4.53. The smallest absolute Gasteiger partial charge is 0.319 e. The summed E-state index contributed by atoms with van der Waals surface area (Å²) >= 11 is 51.6. The maximum absolute atomic E-state index is 12.3. The molecule has 1 unspecified atom stereocenters. The molecule has 0 aliphatic carbocycles. The van der Waals surface area contributed by atoms with Crippen molar-refractivity contribution in [3.05, 3.63) is 299 Å². The first-order valence-electron chi connectivity index (χ1n) is 38.2. The fourth-order valence-electron chi connectivity index (χ4n) is 12.0. The Morgan fingerprint density at radius 1 is 0.349 bits per heavy atom. The molecule has 12 aromatic rings. The number of hydrogen-bond donors (Lipinski definition) is 10. The molecule has 0 fully saturated rings. The molecule has 0 spiro atoms. The second-order valence-electron chi connectivity index (χ2n) is 27.4. The van der Waals surface area contributed by atoms with Crippen molar-refractivity contribution >= 4 is 185 Å². The summed E-state index contributed by atoms with van der Waals surface area (Å²) in [7, 11) is -6.80. The number of sulfone groups is 2. The molecule has 9 amide bonds. The van der Waals surface area contributed by atoms with Crippen molar-refractivity contribution in [3.8, 4) is 67.5 Å². The van der Waals surface area contributed by atoms with Gasteiger partial charge < -0.3 is 61.5 Å². The molecule has 0 saturated carbocycles. The third-order valence-electron chi connectivity index (χ3n) is 18.4. The number of carbonyl (C=O) groups is 5.